The molecule has 29 heavy (non-hydrogen) atoms. The van der Waals surface area contributed by atoms with Crippen molar-refractivity contribution in [1.29, 1.82) is 0 Å². The van der Waals surface area contributed by atoms with Gasteiger partial charge in [-0.05, 0) is 42.5 Å². The van der Waals surface area contributed by atoms with E-state index in [4.69, 9.17) is 9.47 Å². The second kappa shape index (κ2) is 8.70. The predicted molar refractivity (Wildman–Crippen MR) is 111 cm³/mol. The van der Waals surface area contributed by atoms with E-state index in [2.05, 4.69) is 0 Å². The summed E-state index contributed by atoms with van der Waals surface area (Å²) in [4.78, 5) is 25.6. The van der Waals surface area contributed by atoms with Crippen LogP contribution < -0.4 is 9.47 Å². The Kier molecular flexibility index (Phi) is 6.09. The van der Waals surface area contributed by atoms with Crippen molar-refractivity contribution in [3.05, 3.63) is 74.9 Å². The minimum Gasteiger partial charge on any atom is -0.497 e. The number of non-ortho nitro benzene ring substituents is 1. The van der Waals surface area contributed by atoms with E-state index in [0.29, 0.717) is 41.3 Å². The molecule has 0 saturated carbocycles. The fraction of sp³-hybridized carbons (Fsp3) is 0.227. The molecule has 1 aliphatic heterocycles. The Labute approximate surface area is 169 Å². The van der Waals surface area contributed by atoms with Crippen LogP contribution in [0, 0.1) is 10.1 Å². The standard InChI is InChI=1S/C22H22N2O5/c1-23-13-17(7-15-5-4-6-19(9-15)24(26)27)22(25)18(14-23)8-16-10-20(28-2)12-21(11-16)29-3/h4-12H,13-14H2,1-3H3/b17-7+,18-8+. The van der Waals surface area contributed by atoms with Gasteiger partial charge in [0.25, 0.3) is 5.69 Å². The summed E-state index contributed by atoms with van der Waals surface area (Å²) in [7, 11) is 5.07. The molecule has 1 heterocycles. The lowest BCUT2D eigenvalue weighted by atomic mass is 9.94. The normalized spacial score (nSPS) is 17.6. The summed E-state index contributed by atoms with van der Waals surface area (Å²) in [6.07, 6.45) is 3.54. The molecule has 2 aromatic rings. The SMILES string of the molecule is COc1cc(/C=C2\CN(C)C/C(=C\c3cccc([N+](=O)[O-])c3)C2=O)cc(OC)c1. The van der Waals surface area contributed by atoms with Crippen LogP contribution in [0.4, 0.5) is 5.69 Å². The maximum atomic E-state index is 13.0. The lowest BCUT2D eigenvalue weighted by Crippen LogP contribution is -2.34. The third kappa shape index (κ3) is 4.89. The van der Waals surface area contributed by atoms with Crippen molar-refractivity contribution in [1.82, 2.24) is 4.90 Å². The number of likely N-dealkylation sites (tertiary alicyclic amines) is 1. The quantitative estimate of drug-likeness (QED) is 0.438. The van der Waals surface area contributed by atoms with Gasteiger partial charge in [0.05, 0.1) is 19.1 Å². The van der Waals surface area contributed by atoms with E-state index in [9.17, 15) is 14.9 Å². The summed E-state index contributed by atoms with van der Waals surface area (Å²) in [6, 6.07) is 11.7. The summed E-state index contributed by atoms with van der Waals surface area (Å²) < 4.78 is 10.6. The van der Waals surface area contributed by atoms with Crippen LogP contribution >= 0.6 is 0 Å². The first kappa shape index (κ1) is 20.3. The van der Waals surface area contributed by atoms with E-state index in [-0.39, 0.29) is 11.5 Å². The zero-order valence-corrected chi connectivity index (χ0v) is 16.5. The molecule has 1 aliphatic rings. The molecule has 0 amide bonds. The molecule has 0 radical (unpaired) electrons. The Morgan fingerprint density at radius 2 is 1.55 bits per heavy atom. The number of piperidine rings is 1. The predicted octanol–water partition coefficient (Wildman–Crippen LogP) is 3.59. The van der Waals surface area contributed by atoms with Crippen LogP contribution in [0.3, 0.4) is 0 Å². The van der Waals surface area contributed by atoms with Crippen LogP contribution in [-0.4, -0.2) is 50.0 Å². The average Bonchev–Trinajstić information content (AvgIpc) is 2.71. The van der Waals surface area contributed by atoms with Gasteiger partial charge < -0.3 is 9.47 Å². The van der Waals surface area contributed by atoms with Gasteiger partial charge in [0.1, 0.15) is 11.5 Å². The fourth-order valence-electron chi connectivity index (χ4n) is 3.25. The lowest BCUT2D eigenvalue weighted by Gasteiger charge is -2.26. The zero-order valence-electron chi connectivity index (χ0n) is 16.5. The van der Waals surface area contributed by atoms with Crippen molar-refractivity contribution < 1.29 is 19.2 Å². The number of benzene rings is 2. The number of hydrogen-bond donors (Lipinski definition) is 0. The van der Waals surface area contributed by atoms with Crippen LogP contribution in [0.15, 0.2) is 53.6 Å². The minimum absolute atomic E-state index is 0.00444. The average molecular weight is 394 g/mol. The second-order valence-electron chi connectivity index (χ2n) is 6.84. The highest BCUT2D eigenvalue weighted by atomic mass is 16.6. The number of Topliss-reactive ketones (excluding diaryl/α,β-unsaturated/α-hetero) is 1. The highest BCUT2D eigenvalue weighted by Crippen LogP contribution is 2.27. The molecule has 1 fully saturated rings. The summed E-state index contributed by atoms with van der Waals surface area (Å²) in [5.41, 5.74) is 2.64. The summed E-state index contributed by atoms with van der Waals surface area (Å²) in [6.45, 7) is 0.977. The molecular weight excluding hydrogens is 372 g/mol. The molecular formula is C22H22N2O5. The first-order valence-corrected chi connectivity index (χ1v) is 9.01. The van der Waals surface area contributed by atoms with Gasteiger partial charge in [-0.3, -0.25) is 19.8 Å². The highest BCUT2D eigenvalue weighted by Gasteiger charge is 2.24. The maximum Gasteiger partial charge on any atom is 0.270 e. The Morgan fingerprint density at radius 3 is 2.10 bits per heavy atom. The number of rotatable bonds is 5. The number of ketones is 1. The third-order valence-corrected chi connectivity index (χ3v) is 4.60. The third-order valence-electron chi connectivity index (χ3n) is 4.60. The number of nitro groups is 1. The van der Waals surface area contributed by atoms with Crippen molar-refractivity contribution in [3.8, 4) is 11.5 Å². The van der Waals surface area contributed by atoms with Gasteiger partial charge in [0, 0.05) is 42.4 Å². The molecule has 150 valence electrons. The molecule has 0 atom stereocenters. The number of methoxy groups -OCH3 is 2. The van der Waals surface area contributed by atoms with Gasteiger partial charge in [0.2, 0.25) is 0 Å². The molecule has 3 rings (SSSR count). The fourth-order valence-corrected chi connectivity index (χ4v) is 3.25. The van der Waals surface area contributed by atoms with Gasteiger partial charge in [-0.25, -0.2) is 0 Å². The Hall–Kier alpha value is -3.45. The molecule has 0 unspecified atom stereocenters. The first-order chi connectivity index (χ1) is 13.9. The summed E-state index contributed by atoms with van der Waals surface area (Å²) in [5.74, 6) is 1.21. The van der Waals surface area contributed by atoms with Crippen LogP contribution in [0.2, 0.25) is 0 Å². The summed E-state index contributed by atoms with van der Waals surface area (Å²) in [5, 5.41) is 11.0. The molecule has 0 aliphatic carbocycles. The van der Waals surface area contributed by atoms with Crippen molar-refractivity contribution in [2.75, 3.05) is 34.4 Å². The van der Waals surface area contributed by atoms with Gasteiger partial charge >= 0.3 is 0 Å². The number of carbonyl (C=O) groups excluding carboxylic acids is 1. The van der Waals surface area contributed by atoms with Crippen LogP contribution in [0.5, 0.6) is 11.5 Å². The zero-order chi connectivity index (χ0) is 21.0. The van der Waals surface area contributed by atoms with E-state index in [1.807, 2.05) is 30.2 Å². The van der Waals surface area contributed by atoms with E-state index in [1.54, 1.807) is 38.5 Å². The van der Waals surface area contributed by atoms with Crippen LogP contribution in [0.1, 0.15) is 11.1 Å². The second-order valence-corrected chi connectivity index (χ2v) is 6.84. The topological polar surface area (TPSA) is 81.9 Å². The van der Waals surface area contributed by atoms with Gasteiger partial charge in [0.15, 0.2) is 5.78 Å². The Balaban J connectivity index is 1.96. The molecule has 7 heteroatoms. The number of nitro benzene ring substituents is 1. The van der Waals surface area contributed by atoms with E-state index < -0.39 is 4.92 Å². The van der Waals surface area contributed by atoms with Crippen LogP contribution in [0.25, 0.3) is 12.2 Å². The highest BCUT2D eigenvalue weighted by molar-refractivity contribution is 6.14. The van der Waals surface area contributed by atoms with E-state index in [0.717, 1.165) is 5.56 Å². The molecule has 1 saturated heterocycles. The molecule has 7 nitrogen and oxygen atoms in total. The van der Waals surface area contributed by atoms with Crippen molar-refractivity contribution >= 4 is 23.6 Å². The maximum absolute atomic E-state index is 13.0. The van der Waals surface area contributed by atoms with Gasteiger partial charge in [-0.2, -0.15) is 0 Å². The smallest absolute Gasteiger partial charge is 0.270 e. The number of carbonyl (C=O) groups is 1. The number of nitrogens with zero attached hydrogens (tertiary/aromatic N) is 2. The first-order valence-electron chi connectivity index (χ1n) is 9.01. The molecule has 0 bridgehead atoms. The number of likely N-dealkylation sites (N-methyl/N-ethyl adjacent to an activating group) is 1. The molecule has 2 aromatic carbocycles. The molecule has 0 spiro atoms. The monoisotopic (exact) mass is 394 g/mol. The van der Waals surface area contributed by atoms with Crippen molar-refractivity contribution in [2.24, 2.45) is 0 Å². The van der Waals surface area contributed by atoms with Crippen molar-refractivity contribution in [3.63, 3.8) is 0 Å². The Bertz CT molecular complexity index is 988. The lowest BCUT2D eigenvalue weighted by molar-refractivity contribution is -0.384. The van der Waals surface area contributed by atoms with Gasteiger partial charge in [-0.15, -0.1) is 0 Å². The van der Waals surface area contributed by atoms with E-state index >= 15 is 0 Å². The number of hydrogen-bond acceptors (Lipinski definition) is 6. The van der Waals surface area contributed by atoms with Crippen molar-refractivity contribution in [2.45, 2.75) is 0 Å². The number of ether oxygens (including phenoxy) is 2. The van der Waals surface area contributed by atoms with Crippen LogP contribution in [-0.2, 0) is 4.79 Å². The Morgan fingerprint density at radius 1 is 0.966 bits per heavy atom. The minimum atomic E-state index is -0.446. The largest absolute Gasteiger partial charge is 0.497 e. The van der Waals surface area contributed by atoms with E-state index in [1.165, 1.54) is 12.1 Å². The van der Waals surface area contributed by atoms with Gasteiger partial charge in [-0.1, -0.05) is 12.1 Å². The molecule has 0 N–H and O–H groups in total. The molecule has 0 aromatic heterocycles. The summed E-state index contributed by atoms with van der Waals surface area (Å²) >= 11 is 0.